The molecule has 3 atom stereocenters. The van der Waals surface area contributed by atoms with Crippen LogP contribution in [0, 0.1) is 0 Å². The molecular weight excluding hydrogens is 570 g/mol. The summed E-state index contributed by atoms with van der Waals surface area (Å²) < 4.78 is 22.4. The lowest BCUT2D eigenvalue weighted by molar-refractivity contribution is -0.205. The number of alkyl carbamates (subject to hydrolysis) is 1. The van der Waals surface area contributed by atoms with Crippen molar-refractivity contribution in [3.63, 3.8) is 0 Å². The van der Waals surface area contributed by atoms with E-state index in [-0.39, 0.29) is 6.04 Å². The molecule has 3 rings (SSSR count). The van der Waals surface area contributed by atoms with Crippen LogP contribution in [-0.2, 0) is 30.3 Å². The molecule has 0 bridgehead atoms. The average Bonchev–Trinajstić information content (AvgIpc) is 3.35. The number of guanidine groups is 1. The highest BCUT2D eigenvalue weighted by atomic mass is 16.7. The van der Waals surface area contributed by atoms with Crippen molar-refractivity contribution in [3.8, 4) is 5.75 Å². The van der Waals surface area contributed by atoms with Gasteiger partial charge >= 0.3 is 18.2 Å². The summed E-state index contributed by atoms with van der Waals surface area (Å²) >= 11 is 0. The molecule has 0 aliphatic carbocycles. The Morgan fingerprint density at radius 3 is 2.18 bits per heavy atom. The summed E-state index contributed by atoms with van der Waals surface area (Å²) in [6, 6.07) is 5.75. The Balaban J connectivity index is 1.64. The summed E-state index contributed by atoms with van der Waals surface area (Å²) in [4.78, 5) is 47.9. The number of esters is 1. The molecule has 0 saturated carbocycles. The van der Waals surface area contributed by atoms with Gasteiger partial charge in [-0.1, -0.05) is 6.07 Å². The van der Waals surface area contributed by atoms with Crippen LogP contribution in [0.4, 0.5) is 9.59 Å². The van der Waals surface area contributed by atoms with Gasteiger partial charge in [-0.2, -0.15) is 5.48 Å². The van der Waals surface area contributed by atoms with Crippen LogP contribution in [0.15, 0.2) is 23.2 Å². The molecule has 4 N–H and O–H groups in total. The van der Waals surface area contributed by atoms with Crippen LogP contribution < -0.4 is 26.2 Å². The molecule has 2 heterocycles. The standard InChI is InChI=1S/C31H49N5O8/c1-28(2,3)41-24(37)31(10,44-36-27(39)43-30(7,8)9)23-14-12-20-17-19(11-13-22(20)40-23)21-18-34-25(35-21)32-15-16-33-26(38)42-29(4,5)6/h11,13,17,21,23H,12,14-16,18H2,1-10H3,(H,33,38)(H,36,39)(H2,32,34,35)/t21?,23-,31+/m1/s1. The van der Waals surface area contributed by atoms with E-state index in [2.05, 4.69) is 27.5 Å². The van der Waals surface area contributed by atoms with Gasteiger partial charge in [0.15, 0.2) is 5.96 Å². The monoisotopic (exact) mass is 619 g/mol. The molecule has 2 aliphatic heterocycles. The lowest BCUT2D eigenvalue weighted by Crippen LogP contribution is -2.58. The van der Waals surface area contributed by atoms with E-state index in [0.717, 1.165) is 11.1 Å². The fourth-order valence-corrected chi connectivity index (χ4v) is 4.47. The van der Waals surface area contributed by atoms with Crippen molar-refractivity contribution < 1.29 is 38.2 Å². The van der Waals surface area contributed by atoms with E-state index in [1.807, 2.05) is 32.9 Å². The summed E-state index contributed by atoms with van der Waals surface area (Å²) in [6.45, 7) is 18.9. The van der Waals surface area contributed by atoms with Crippen molar-refractivity contribution >= 4 is 24.1 Å². The topological polar surface area (TPSA) is 158 Å². The minimum absolute atomic E-state index is 0.104. The molecule has 2 amide bonds. The third kappa shape index (κ3) is 10.5. The highest BCUT2D eigenvalue weighted by Gasteiger charge is 2.50. The lowest BCUT2D eigenvalue weighted by Gasteiger charge is -2.39. The van der Waals surface area contributed by atoms with Gasteiger partial charge in [0, 0.05) is 19.6 Å². The fourth-order valence-electron chi connectivity index (χ4n) is 4.47. The van der Waals surface area contributed by atoms with Crippen molar-refractivity contribution in [2.45, 2.75) is 117 Å². The first-order valence-corrected chi connectivity index (χ1v) is 15.0. The van der Waals surface area contributed by atoms with Crippen LogP contribution in [0.1, 0.15) is 92.8 Å². The van der Waals surface area contributed by atoms with E-state index < -0.39 is 46.7 Å². The first kappa shape index (κ1) is 34.7. The van der Waals surface area contributed by atoms with Crippen LogP contribution >= 0.6 is 0 Å². The van der Waals surface area contributed by atoms with E-state index in [0.29, 0.717) is 44.2 Å². The smallest absolute Gasteiger partial charge is 0.431 e. The third-order valence-corrected chi connectivity index (χ3v) is 6.41. The molecule has 1 aromatic rings. The van der Waals surface area contributed by atoms with Crippen LogP contribution in [0.3, 0.4) is 0 Å². The van der Waals surface area contributed by atoms with Gasteiger partial charge in [0.1, 0.15) is 28.7 Å². The number of rotatable bonds is 8. The summed E-state index contributed by atoms with van der Waals surface area (Å²) in [5, 5.41) is 9.16. The second-order valence-corrected chi connectivity index (χ2v) is 14.1. The number of hydrogen-bond acceptors (Lipinski definition) is 11. The van der Waals surface area contributed by atoms with Gasteiger partial charge < -0.3 is 34.9 Å². The van der Waals surface area contributed by atoms with Gasteiger partial charge in [0.05, 0.1) is 6.04 Å². The summed E-state index contributed by atoms with van der Waals surface area (Å²) in [5.41, 5.74) is 0.509. The largest absolute Gasteiger partial charge is 0.486 e. The number of nitrogens with one attached hydrogen (secondary N) is 4. The van der Waals surface area contributed by atoms with Crippen molar-refractivity contribution in [2.75, 3.05) is 19.6 Å². The van der Waals surface area contributed by atoms with E-state index in [9.17, 15) is 14.4 Å². The normalized spacial score (nSPS) is 19.6. The Morgan fingerprint density at radius 2 is 1.55 bits per heavy atom. The minimum atomic E-state index is -1.65. The zero-order valence-corrected chi connectivity index (χ0v) is 27.6. The average molecular weight is 620 g/mol. The zero-order chi connectivity index (χ0) is 32.9. The highest BCUT2D eigenvalue weighted by molar-refractivity contribution is 5.82. The molecule has 13 nitrogen and oxygen atoms in total. The molecule has 246 valence electrons. The number of hydroxylamine groups is 1. The number of aryl methyl sites for hydroxylation is 1. The molecule has 1 aromatic carbocycles. The van der Waals surface area contributed by atoms with Crippen molar-refractivity contribution in [2.24, 2.45) is 4.99 Å². The number of benzene rings is 1. The maximum atomic E-state index is 13.4. The van der Waals surface area contributed by atoms with Gasteiger partial charge in [-0.3, -0.25) is 0 Å². The van der Waals surface area contributed by atoms with Crippen LogP contribution in [0.25, 0.3) is 0 Å². The lowest BCUT2D eigenvalue weighted by atomic mass is 9.89. The Morgan fingerprint density at radius 1 is 0.909 bits per heavy atom. The van der Waals surface area contributed by atoms with Crippen LogP contribution in [-0.4, -0.2) is 72.3 Å². The van der Waals surface area contributed by atoms with E-state index in [1.54, 1.807) is 48.5 Å². The number of carbonyl (C=O) groups excluding carboxylic acids is 3. The number of amides is 2. The van der Waals surface area contributed by atoms with E-state index in [1.165, 1.54) is 0 Å². The number of nitrogens with zero attached hydrogens (tertiary/aromatic N) is 1. The van der Waals surface area contributed by atoms with Gasteiger partial charge in [-0.15, -0.1) is 0 Å². The van der Waals surface area contributed by atoms with Crippen molar-refractivity contribution in [3.05, 3.63) is 29.3 Å². The minimum Gasteiger partial charge on any atom is -0.486 e. The summed E-state index contributed by atoms with van der Waals surface area (Å²) in [7, 11) is 0. The Hall–Kier alpha value is -3.74. The van der Waals surface area contributed by atoms with Crippen molar-refractivity contribution in [1.82, 2.24) is 21.4 Å². The third-order valence-electron chi connectivity index (χ3n) is 6.41. The second-order valence-electron chi connectivity index (χ2n) is 14.1. The maximum Gasteiger partial charge on any atom is 0.431 e. The Bertz CT molecular complexity index is 1230. The Labute approximate surface area is 260 Å². The van der Waals surface area contributed by atoms with E-state index >= 15 is 0 Å². The molecule has 44 heavy (non-hydrogen) atoms. The van der Waals surface area contributed by atoms with Gasteiger partial charge in [-0.05, 0) is 105 Å². The number of aliphatic imine (C=N–C) groups is 1. The number of hydrogen-bond donors (Lipinski definition) is 4. The van der Waals surface area contributed by atoms with E-state index in [4.69, 9.17) is 28.8 Å². The first-order valence-electron chi connectivity index (χ1n) is 15.0. The SMILES string of the molecule is CC(C)(C)OC(=O)NCCNC1=NC(c2ccc3c(c2)CC[C@H]([C@](C)(ONC(=O)OC(C)(C)C)C(=O)OC(C)(C)C)O3)CN1. The summed E-state index contributed by atoms with van der Waals surface area (Å²) in [5.74, 6) is 0.596. The molecule has 0 radical (unpaired) electrons. The predicted molar refractivity (Wildman–Crippen MR) is 164 cm³/mol. The number of fused-ring (bicyclic) bond motifs is 1. The molecule has 13 heteroatoms. The molecule has 0 fully saturated rings. The maximum absolute atomic E-state index is 13.4. The van der Waals surface area contributed by atoms with Gasteiger partial charge in [0.2, 0.25) is 5.60 Å². The highest BCUT2D eigenvalue weighted by Crippen LogP contribution is 2.36. The second kappa shape index (κ2) is 13.5. The quantitative estimate of drug-likeness (QED) is 0.145. The summed E-state index contributed by atoms with van der Waals surface area (Å²) in [6.07, 6.45) is -0.998. The fraction of sp³-hybridized carbons (Fsp3) is 0.677. The van der Waals surface area contributed by atoms with Gasteiger partial charge in [-0.25, -0.2) is 24.2 Å². The number of carbonyl (C=O) groups is 3. The molecule has 0 saturated heterocycles. The molecule has 1 unspecified atom stereocenters. The first-order chi connectivity index (χ1) is 20.2. The predicted octanol–water partition coefficient (Wildman–Crippen LogP) is 4.05. The van der Waals surface area contributed by atoms with Crippen LogP contribution in [0.5, 0.6) is 5.75 Å². The molecule has 0 spiro atoms. The molecule has 0 aromatic heterocycles. The Kier molecular flexibility index (Phi) is 10.7. The zero-order valence-electron chi connectivity index (χ0n) is 27.6. The molecule has 2 aliphatic rings. The van der Waals surface area contributed by atoms with Crippen molar-refractivity contribution in [1.29, 1.82) is 0 Å². The van der Waals surface area contributed by atoms with Gasteiger partial charge in [0.25, 0.3) is 0 Å². The number of ether oxygens (including phenoxy) is 4. The van der Waals surface area contributed by atoms with Crippen LogP contribution in [0.2, 0.25) is 0 Å². The molecular formula is C31H49N5O8.